The second-order valence-electron chi connectivity index (χ2n) is 4.04. The van der Waals surface area contributed by atoms with Crippen LogP contribution < -0.4 is 5.73 Å². The highest BCUT2D eigenvalue weighted by Gasteiger charge is 2.44. The summed E-state index contributed by atoms with van der Waals surface area (Å²) >= 11 is 2.93. The third kappa shape index (κ3) is 3.83. The van der Waals surface area contributed by atoms with Crippen molar-refractivity contribution in [3.05, 3.63) is 28.2 Å². The Morgan fingerprint density at radius 3 is 2.47 bits per heavy atom. The molecule has 9 heteroatoms. The van der Waals surface area contributed by atoms with E-state index in [9.17, 15) is 22.0 Å². The van der Waals surface area contributed by atoms with Gasteiger partial charge in [0, 0.05) is 22.7 Å². The average Bonchev–Trinajstić information content (AvgIpc) is 2.30. The van der Waals surface area contributed by atoms with Gasteiger partial charge in [0.1, 0.15) is 6.67 Å². The number of nitrogens with two attached hydrogens (primary N) is 1. The highest BCUT2D eigenvalue weighted by Crippen LogP contribution is 2.33. The molecule has 3 nitrogen and oxygen atoms in total. The van der Waals surface area contributed by atoms with E-state index in [-0.39, 0.29) is 4.47 Å². The standard InChI is InChI=1S/C10H10BrF5N2O/c11-5-1-6(8(13)18-3-5)9(17,4-12)2-7(19)10(14,15)16/h1,3,7,19H,2,4,17H2/t7-,9?/m0/s1. The molecule has 3 N–H and O–H groups in total. The zero-order chi connectivity index (χ0) is 14.8. The Labute approximate surface area is 113 Å². The van der Waals surface area contributed by atoms with Crippen molar-refractivity contribution in [3.63, 3.8) is 0 Å². The minimum absolute atomic E-state index is 0.230. The molecule has 0 aliphatic carbocycles. The first-order chi connectivity index (χ1) is 8.60. The van der Waals surface area contributed by atoms with Crippen LogP contribution in [-0.4, -0.2) is 29.0 Å². The van der Waals surface area contributed by atoms with Crippen molar-refractivity contribution in [3.8, 4) is 0 Å². The lowest BCUT2D eigenvalue weighted by atomic mass is 9.87. The number of halogens is 6. The Morgan fingerprint density at radius 2 is 2.00 bits per heavy atom. The van der Waals surface area contributed by atoms with Gasteiger partial charge in [-0.1, -0.05) is 0 Å². The Hall–Kier alpha value is -0.800. The largest absolute Gasteiger partial charge is 0.414 e. The van der Waals surface area contributed by atoms with Gasteiger partial charge in [0.25, 0.3) is 0 Å². The van der Waals surface area contributed by atoms with Gasteiger partial charge in [-0.2, -0.15) is 17.6 Å². The number of aliphatic hydroxyl groups is 1. The first-order valence-electron chi connectivity index (χ1n) is 5.01. The maximum atomic E-state index is 13.5. The van der Waals surface area contributed by atoms with Crippen LogP contribution in [0.5, 0.6) is 0 Å². The Balaban J connectivity index is 3.13. The maximum Gasteiger partial charge on any atom is 0.414 e. The van der Waals surface area contributed by atoms with Crippen LogP contribution in [0.3, 0.4) is 0 Å². The monoisotopic (exact) mass is 348 g/mol. The van der Waals surface area contributed by atoms with Gasteiger partial charge in [0.2, 0.25) is 5.95 Å². The number of alkyl halides is 4. The van der Waals surface area contributed by atoms with Gasteiger partial charge in [-0.05, 0) is 22.0 Å². The number of aliphatic hydroxyl groups excluding tert-OH is 1. The molecular weight excluding hydrogens is 339 g/mol. The van der Waals surface area contributed by atoms with E-state index >= 15 is 0 Å². The number of nitrogens with zero attached hydrogens (tertiary/aromatic N) is 1. The number of hydrogen-bond acceptors (Lipinski definition) is 3. The van der Waals surface area contributed by atoms with Crippen molar-refractivity contribution in [2.45, 2.75) is 24.2 Å². The number of rotatable bonds is 4. The fourth-order valence-electron chi connectivity index (χ4n) is 1.47. The molecule has 1 heterocycles. The molecule has 1 aromatic heterocycles. The Bertz CT molecular complexity index is 456. The summed E-state index contributed by atoms with van der Waals surface area (Å²) in [7, 11) is 0. The van der Waals surface area contributed by atoms with Crippen LogP contribution in [0.4, 0.5) is 22.0 Å². The Morgan fingerprint density at radius 1 is 1.42 bits per heavy atom. The van der Waals surface area contributed by atoms with Gasteiger partial charge in [-0.15, -0.1) is 0 Å². The summed E-state index contributed by atoms with van der Waals surface area (Å²) in [6.45, 7) is -1.48. The van der Waals surface area contributed by atoms with Crippen LogP contribution in [0.25, 0.3) is 0 Å². The summed E-state index contributed by atoms with van der Waals surface area (Å²) in [4.78, 5) is 3.24. The summed E-state index contributed by atoms with van der Waals surface area (Å²) in [6.07, 6.45) is -7.97. The van der Waals surface area contributed by atoms with Crippen molar-refractivity contribution < 1.29 is 27.1 Å². The summed E-state index contributed by atoms with van der Waals surface area (Å²) < 4.78 is 63.5. The minimum atomic E-state index is -4.96. The molecule has 1 aromatic rings. The molecule has 0 radical (unpaired) electrons. The number of hydrogen-bond donors (Lipinski definition) is 2. The van der Waals surface area contributed by atoms with Crippen LogP contribution in [0.2, 0.25) is 0 Å². The predicted octanol–water partition coefficient (Wildman–Crippen LogP) is 2.42. The van der Waals surface area contributed by atoms with Gasteiger partial charge >= 0.3 is 6.18 Å². The summed E-state index contributed by atoms with van der Waals surface area (Å²) in [6, 6.07) is 1.03. The van der Waals surface area contributed by atoms with Crippen LogP contribution in [0, 0.1) is 5.95 Å². The van der Waals surface area contributed by atoms with Gasteiger partial charge in [-0.3, -0.25) is 0 Å². The van der Waals surface area contributed by atoms with Crippen LogP contribution >= 0.6 is 15.9 Å². The first kappa shape index (κ1) is 16.3. The van der Waals surface area contributed by atoms with E-state index < -0.39 is 42.4 Å². The summed E-state index contributed by atoms with van der Waals surface area (Å²) in [5, 5.41) is 8.95. The summed E-state index contributed by atoms with van der Waals surface area (Å²) in [5.41, 5.74) is 2.61. The Kier molecular flexibility index (Phi) is 4.86. The minimum Gasteiger partial charge on any atom is -0.384 e. The van der Waals surface area contributed by atoms with Crippen molar-refractivity contribution in [2.75, 3.05) is 6.67 Å². The highest BCUT2D eigenvalue weighted by molar-refractivity contribution is 9.10. The zero-order valence-electron chi connectivity index (χ0n) is 9.39. The van der Waals surface area contributed by atoms with E-state index in [0.29, 0.717) is 0 Å². The molecule has 1 rings (SSSR count). The molecule has 108 valence electrons. The fourth-order valence-corrected chi connectivity index (χ4v) is 1.80. The molecule has 0 spiro atoms. The summed E-state index contributed by atoms with van der Waals surface area (Å²) in [5.74, 6) is -1.18. The molecule has 0 bridgehead atoms. The van der Waals surface area contributed by atoms with Crippen molar-refractivity contribution in [1.82, 2.24) is 4.98 Å². The number of pyridine rings is 1. The van der Waals surface area contributed by atoms with E-state index in [4.69, 9.17) is 10.8 Å². The highest BCUT2D eigenvalue weighted by atomic mass is 79.9. The molecule has 2 atom stereocenters. The van der Waals surface area contributed by atoms with Crippen molar-refractivity contribution in [2.24, 2.45) is 5.73 Å². The average molecular weight is 349 g/mol. The fraction of sp³-hybridized carbons (Fsp3) is 0.500. The first-order valence-corrected chi connectivity index (χ1v) is 5.80. The van der Waals surface area contributed by atoms with Gasteiger partial charge in [0.15, 0.2) is 6.10 Å². The van der Waals surface area contributed by atoms with Crippen molar-refractivity contribution in [1.29, 1.82) is 0 Å². The lowest BCUT2D eigenvalue weighted by Crippen LogP contribution is -2.46. The lowest BCUT2D eigenvalue weighted by Gasteiger charge is -2.30. The van der Waals surface area contributed by atoms with E-state index in [0.717, 1.165) is 12.3 Å². The SMILES string of the molecule is NC(CF)(C[C@H](O)C(F)(F)F)c1cc(Br)cnc1F. The molecule has 0 aliphatic heterocycles. The molecule has 0 aliphatic rings. The van der Waals surface area contributed by atoms with E-state index in [1.54, 1.807) is 0 Å². The molecular formula is C10H10BrF5N2O. The molecule has 0 saturated carbocycles. The van der Waals surface area contributed by atoms with Crippen molar-refractivity contribution >= 4 is 15.9 Å². The third-order valence-electron chi connectivity index (χ3n) is 2.52. The van der Waals surface area contributed by atoms with E-state index in [2.05, 4.69) is 20.9 Å². The molecule has 1 unspecified atom stereocenters. The van der Waals surface area contributed by atoms with Crippen LogP contribution in [-0.2, 0) is 5.54 Å². The topological polar surface area (TPSA) is 59.1 Å². The second-order valence-corrected chi connectivity index (χ2v) is 4.96. The van der Waals surface area contributed by atoms with Crippen LogP contribution in [0.15, 0.2) is 16.7 Å². The normalized spacial score (nSPS) is 17.1. The van der Waals surface area contributed by atoms with Gasteiger partial charge in [-0.25, -0.2) is 9.37 Å². The molecule has 0 saturated heterocycles. The molecule has 0 fully saturated rings. The van der Waals surface area contributed by atoms with Crippen LogP contribution in [0.1, 0.15) is 12.0 Å². The predicted molar refractivity (Wildman–Crippen MR) is 60.4 cm³/mol. The zero-order valence-corrected chi connectivity index (χ0v) is 11.0. The quantitative estimate of drug-likeness (QED) is 0.649. The second kappa shape index (κ2) is 5.68. The smallest absolute Gasteiger partial charge is 0.384 e. The van der Waals surface area contributed by atoms with Gasteiger partial charge < -0.3 is 10.8 Å². The van der Waals surface area contributed by atoms with Gasteiger partial charge in [0.05, 0.1) is 5.54 Å². The molecule has 0 amide bonds. The maximum absolute atomic E-state index is 13.5. The third-order valence-corrected chi connectivity index (χ3v) is 2.95. The lowest BCUT2D eigenvalue weighted by molar-refractivity contribution is -0.210. The molecule has 0 aromatic carbocycles. The molecule has 19 heavy (non-hydrogen) atoms. The number of aromatic nitrogens is 1. The van der Waals surface area contributed by atoms with E-state index in [1.165, 1.54) is 0 Å². The van der Waals surface area contributed by atoms with E-state index in [1.807, 2.05) is 0 Å².